The van der Waals surface area contributed by atoms with Crippen LogP contribution in [-0.2, 0) is 16.9 Å². The fourth-order valence-electron chi connectivity index (χ4n) is 3.01. The Hall–Kier alpha value is -2.54. The minimum Gasteiger partial charge on any atom is -0.493 e. The van der Waals surface area contributed by atoms with E-state index < -0.39 is 9.84 Å². The zero-order valence-corrected chi connectivity index (χ0v) is 15.5. The van der Waals surface area contributed by atoms with Crippen LogP contribution in [0.15, 0.2) is 52.4 Å². The van der Waals surface area contributed by atoms with Gasteiger partial charge in [-0.1, -0.05) is 0 Å². The predicted octanol–water partition coefficient (Wildman–Crippen LogP) is 2.50. The first-order chi connectivity index (χ1) is 12.3. The van der Waals surface area contributed by atoms with Gasteiger partial charge in [0.05, 0.1) is 17.2 Å². The molecule has 0 unspecified atom stereocenters. The Kier molecular flexibility index (Phi) is 3.91. The first kappa shape index (κ1) is 16.9. The van der Waals surface area contributed by atoms with Crippen LogP contribution in [0.3, 0.4) is 0 Å². The van der Waals surface area contributed by atoms with E-state index >= 15 is 0 Å². The second-order valence-electron chi connectivity index (χ2n) is 6.88. The molecule has 6 nitrogen and oxygen atoms in total. The molecule has 1 aromatic carbocycles. The number of sulfone groups is 1. The van der Waals surface area contributed by atoms with Crippen molar-refractivity contribution in [3.8, 4) is 17.0 Å². The Morgan fingerprint density at radius 2 is 2.00 bits per heavy atom. The zero-order chi connectivity index (χ0) is 18.5. The molecule has 7 heteroatoms. The van der Waals surface area contributed by atoms with Gasteiger partial charge >= 0.3 is 0 Å². The SMILES string of the molecule is Cn1cc(-c2cc(S(C)(=O)=O)ccc2OCC2CC2)n2cccc2c1=O. The third kappa shape index (κ3) is 3.03. The highest BCUT2D eigenvalue weighted by molar-refractivity contribution is 7.90. The van der Waals surface area contributed by atoms with Crippen molar-refractivity contribution in [1.29, 1.82) is 0 Å². The van der Waals surface area contributed by atoms with E-state index in [1.54, 1.807) is 54.2 Å². The largest absolute Gasteiger partial charge is 0.493 e. The molecule has 0 aliphatic heterocycles. The molecule has 1 fully saturated rings. The summed E-state index contributed by atoms with van der Waals surface area (Å²) in [5, 5.41) is 0. The number of fused-ring (bicyclic) bond motifs is 1. The van der Waals surface area contributed by atoms with Crippen LogP contribution >= 0.6 is 0 Å². The molecule has 2 heterocycles. The van der Waals surface area contributed by atoms with Crippen molar-refractivity contribution in [2.24, 2.45) is 13.0 Å². The number of ether oxygens (including phenoxy) is 1. The lowest BCUT2D eigenvalue weighted by atomic mass is 10.1. The maximum absolute atomic E-state index is 12.3. The van der Waals surface area contributed by atoms with Crippen molar-refractivity contribution in [1.82, 2.24) is 8.97 Å². The number of hydrogen-bond acceptors (Lipinski definition) is 4. The minimum atomic E-state index is -3.36. The number of hydrogen-bond donors (Lipinski definition) is 0. The van der Waals surface area contributed by atoms with Gasteiger partial charge in [0.1, 0.15) is 11.3 Å². The molecule has 1 aliphatic rings. The van der Waals surface area contributed by atoms with Crippen molar-refractivity contribution >= 4 is 15.4 Å². The first-order valence-corrected chi connectivity index (χ1v) is 10.4. The summed E-state index contributed by atoms with van der Waals surface area (Å²) in [6, 6.07) is 8.43. The van der Waals surface area contributed by atoms with Crippen LogP contribution in [0.4, 0.5) is 0 Å². The maximum atomic E-state index is 12.3. The van der Waals surface area contributed by atoms with Gasteiger partial charge in [0.2, 0.25) is 0 Å². The van der Waals surface area contributed by atoms with Gasteiger partial charge in [0.15, 0.2) is 9.84 Å². The van der Waals surface area contributed by atoms with Crippen LogP contribution in [0.5, 0.6) is 5.75 Å². The first-order valence-electron chi connectivity index (χ1n) is 8.48. The molecule has 0 radical (unpaired) electrons. The predicted molar refractivity (Wildman–Crippen MR) is 99.4 cm³/mol. The van der Waals surface area contributed by atoms with Crippen LogP contribution in [0, 0.1) is 5.92 Å². The van der Waals surface area contributed by atoms with E-state index in [2.05, 4.69) is 0 Å². The Morgan fingerprint density at radius 1 is 1.23 bits per heavy atom. The van der Waals surface area contributed by atoms with E-state index in [4.69, 9.17) is 4.74 Å². The fraction of sp³-hybridized carbons (Fsp3) is 0.316. The van der Waals surface area contributed by atoms with Gasteiger partial charge in [-0.05, 0) is 49.1 Å². The van der Waals surface area contributed by atoms with Crippen LogP contribution in [0.2, 0.25) is 0 Å². The number of benzene rings is 1. The molecule has 2 aromatic heterocycles. The lowest BCUT2D eigenvalue weighted by Crippen LogP contribution is -2.19. The molecule has 0 amide bonds. The molecule has 4 rings (SSSR count). The summed E-state index contributed by atoms with van der Waals surface area (Å²) in [5.74, 6) is 1.20. The molecule has 0 N–H and O–H groups in total. The Bertz CT molecular complexity index is 1150. The third-order valence-electron chi connectivity index (χ3n) is 4.69. The smallest absolute Gasteiger partial charge is 0.274 e. The molecule has 0 spiro atoms. The van der Waals surface area contributed by atoms with Crippen LogP contribution < -0.4 is 10.3 Å². The van der Waals surface area contributed by atoms with Crippen molar-refractivity contribution in [3.63, 3.8) is 0 Å². The Labute approximate surface area is 151 Å². The molecule has 136 valence electrons. The molecule has 3 aromatic rings. The van der Waals surface area contributed by atoms with E-state index in [1.807, 2.05) is 0 Å². The molecule has 0 saturated heterocycles. The number of aryl methyl sites for hydroxylation is 1. The van der Waals surface area contributed by atoms with E-state index in [9.17, 15) is 13.2 Å². The summed E-state index contributed by atoms with van der Waals surface area (Å²) in [6.07, 6.45) is 7.02. The number of rotatable bonds is 5. The second-order valence-corrected chi connectivity index (χ2v) is 8.89. The summed E-state index contributed by atoms with van der Waals surface area (Å²) in [7, 11) is -1.68. The molecule has 1 saturated carbocycles. The van der Waals surface area contributed by atoms with Gasteiger partial charge in [0, 0.05) is 31.3 Å². The lowest BCUT2D eigenvalue weighted by Gasteiger charge is -2.15. The molecule has 0 atom stereocenters. The highest BCUT2D eigenvalue weighted by Gasteiger charge is 2.23. The van der Waals surface area contributed by atoms with Crippen LogP contribution in [-0.4, -0.2) is 30.2 Å². The minimum absolute atomic E-state index is 0.113. The average Bonchev–Trinajstić information content (AvgIpc) is 3.29. The van der Waals surface area contributed by atoms with Gasteiger partial charge < -0.3 is 13.7 Å². The standard InChI is InChI=1S/C19H20N2O4S/c1-20-11-17(21-9-3-4-16(21)19(20)22)15-10-14(26(2,23)24)7-8-18(15)25-12-13-5-6-13/h3-4,7-11,13H,5-6,12H2,1-2H3. The second kappa shape index (κ2) is 6.02. The van der Waals surface area contributed by atoms with Gasteiger partial charge in [-0.2, -0.15) is 0 Å². The van der Waals surface area contributed by atoms with Gasteiger partial charge in [0.25, 0.3) is 5.56 Å². The van der Waals surface area contributed by atoms with Crippen LogP contribution in [0.25, 0.3) is 16.8 Å². The highest BCUT2D eigenvalue weighted by Crippen LogP contribution is 2.35. The monoisotopic (exact) mass is 372 g/mol. The Balaban J connectivity index is 1.94. The van der Waals surface area contributed by atoms with Crippen molar-refractivity contribution in [2.75, 3.05) is 12.9 Å². The molecular weight excluding hydrogens is 352 g/mol. The van der Waals surface area contributed by atoms with Crippen molar-refractivity contribution in [3.05, 3.63) is 53.1 Å². The highest BCUT2D eigenvalue weighted by atomic mass is 32.2. The zero-order valence-electron chi connectivity index (χ0n) is 14.7. The maximum Gasteiger partial charge on any atom is 0.274 e. The van der Waals surface area contributed by atoms with Crippen molar-refractivity contribution < 1.29 is 13.2 Å². The van der Waals surface area contributed by atoms with Crippen LogP contribution in [0.1, 0.15) is 12.8 Å². The quantitative estimate of drug-likeness (QED) is 0.690. The van der Waals surface area contributed by atoms with E-state index in [1.165, 1.54) is 23.7 Å². The molecule has 1 aliphatic carbocycles. The van der Waals surface area contributed by atoms with Crippen molar-refractivity contribution in [2.45, 2.75) is 17.7 Å². The van der Waals surface area contributed by atoms with E-state index in [0.29, 0.717) is 35.0 Å². The molecular formula is C19H20N2O4S. The van der Waals surface area contributed by atoms with E-state index in [-0.39, 0.29) is 10.5 Å². The summed E-state index contributed by atoms with van der Waals surface area (Å²) >= 11 is 0. The third-order valence-corrected chi connectivity index (χ3v) is 5.80. The summed E-state index contributed by atoms with van der Waals surface area (Å²) in [6.45, 7) is 0.617. The number of nitrogens with zero attached hydrogens (tertiary/aromatic N) is 2. The average molecular weight is 372 g/mol. The molecule has 0 bridgehead atoms. The van der Waals surface area contributed by atoms with Gasteiger partial charge in [-0.3, -0.25) is 4.79 Å². The summed E-state index contributed by atoms with van der Waals surface area (Å²) in [5.41, 5.74) is 1.79. The van der Waals surface area contributed by atoms with E-state index in [0.717, 1.165) is 0 Å². The van der Waals surface area contributed by atoms with Gasteiger partial charge in [-0.25, -0.2) is 8.42 Å². The fourth-order valence-corrected chi connectivity index (χ4v) is 3.65. The summed E-state index contributed by atoms with van der Waals surface area (Å²) < 4.78 is 33.3. The molecule has 26 heavy (non-hydrogen) atoms. The normalized spacial score (nSPS) is 14.7. The topological polar surface area (TPSA) is 69.8 Å². The van der Waals surface area contributed by atoms with Gasteiger partial charge in [-0.15, -0.1) is 0 Å². The number of aromatic nitrogens is 2. The Morgan fingerprint density at radius 3 is 2.69 bits per heavy atom. The lowest BCUT2D eigenvalue weighted by molar-refractivity contribution is 0.300. The summed E-state index contributed by atoms with van der Waals surface area (Å²) in [4.78, 5) is 12.5.